The van der Waals surface area contributed by atoms with Crippen molar-refractivity contribution in [2.24, 2.45) is 0 Å². The molecule has 1 atom stereocenters. The number of rotatable bonds is 5. The molecule has 0 aliphatic heterocycles. The fraction of sp³-hybridized carbons (Fsp3) is 0.214. The molecule has 1 aromatic heterocycles. The molecule has 110 valence electrons. The van der Waals surface area contributed by atoms with Crippen LogP contribution in [0.2, 0.25) is 0 Å². The third-order valence-corrected chi connectivity index (χ3v) is 2.83. The molecule has 6 nitrogen and oxygen atoms in total. The van der Waals surface area contributed by atoms with Gasteiger partial charge in [-0.05, 0) is 24.6 Å². The number of nitro benzene ring substituents is 1. The number of halogens is 1. The van der Waals surface area contributed by atoms with Gasteiger partial charge in [0.2, 0.25) is 5.75 Å². The van der Waals surface area contributed by atoms with Crippen molar-refractivity contribution in [1.29, 1.82) is 0 Å². The molecule has 2 aromatic rings. The van der Waals surface area contributed by atoms with E-state index < -0.39 is 16.8 Å². The summed E-state index contributed by atoms with van der Waals surface area (Å²) in [6.07, 6.45) is 1.16. The van der Waals surface area contributed by atoms with E-state index in [-0.39, 0.29) is 17.2 Å². The molecule has 0 amide bonds. The molecule has 7 heteroatoms. The highest BCUT2D eigenvalue weighted by atomic mass is 19.1. The molecule has 1 heterocycles. The molecule has 0 radical (unpaired) electrons. The number of aliphatic hydroxyl groups is 1. The summed E-state index contributed by atoms with van der Waals surface area (Å²) in [7, 11) is 0. The Morgan fingerprint density at radius 3 is 2.76 bits per heavy atom. The Bertz CT molecular complexity index is 646. The average Bonchev–Trinajstić information content (AvgIpc) is 2.47. The van der Waals surface area contributed by atoms with Crippen LogP contribution in [0.1, 0.15) is 25.1 Å². The average molecular weight is 292 g/mol. The number of benzene rings is 1. The molecule has 0 saturated carbocycles. The van der Waals surface area contributed by atoms with Gasteiger partial charge in [0.05, 0.1) is 22.9 Å². The summed E-state index contributed by atoms with van der Waals surface area (Å²) in [5, 5.41) is 20.5. The van der Waals surface area contributed by atoms with Gasteiger partial charge in [0.15, 0.2) is 0 Å². The SMILES string of the molecule is CCC(O)c1ccc(Oc2cc(F)ccc2[N+](=O)[O-])cn1. The van der Waals surface area contributed by atoms with Gasteiger partial charge in [-0.2, -0.15) is 0 Å². The largest absolute Gasteiger partial charge is 0.448 e. The number of hydrogen-bond donors (Lipinski definition) is 1. The van der Waals surface area contributed by atoms with Crippen LogP contribution >= 0.6 is 0 Å². The van der Waals surface area contributed by atoms with Gasteiger partial charge >= 0.3 is 5.69 Å². The van der Waals surface area contributed by atoms with Crippen LogP contribution in [0.15, 0.2) is 36.5 Å². The van der Waals surface area contributed by atoms with Crippen molar-refractivity contribution < 1.29 is 19.2 Å². The van der Waals surface area contributed by atoms with Crippen molar-refractivity contribution in [3.05, 3.63) is 58.2 Å². The van der Waals surface area contributed by atoms with Crippen LogP contribution in [0.4, 0.5) is 10.1 Å². The van der Waals surface area contributed by atoms with Crippen LogP contribution in [0, 0.1) is 15.9 Å². The Labute approximate surface area is 120 Å². The van der Waals surface area contributed by atoms with Crippen molar-refractivity contribution in [2.45, 2.75) is 19.4 Å². The van der Waals surface area contributed by atoms with Crippen molar-refractivity contribution in [3.8, 4) is 11.5 Å². The van der Waals surface area contributed by atoms with Crippen LogP contribution in [0.25, 0.3) is 0 Å². The lowest BCUT2D eigenvalue weighted by Crippen LogP contribution is -1.99. The zero-order valence-corrected chi connectivity index (χ0v) is 11.2. The van der Waals surface area contributed by atoms with Gasteiger partial charge in [-0.1, -0.05) is 6.92 Å². The van der Waals surface area contributed by atoms with Crippen molar-refractivity contribution >= 4 is 5.69 Å². The fourth-order valence-corrected chi connectivity index (χ4v) is 1.71. The first-order chi connectivity index (χ1) is 10.0. The maximum Gasteiger partial charge on any atom is 0.311 e. The predicted molar refractivity (Wildman–Crippen MR) is 72.6 cm³/mol. The predicted octanol–water partition coefficient (Wildman–Crippen LogP) is 3.36. The highest BCUT2D eigenvalue weighted by Gasteiger charge is 2.17. The van der Waals surface area contributed by atoms with Gasteiger partial charge in [0.1, 0.15) is 11.6 Å². The van der Waals surface area contributed by atoms with Gasteiger partial charge in [0.25, 0.3) is 0 Å². The Hall–Kier alpha value is -2.54. The summed E-state index contributed by atoms with van der Waals surface area (Å²) in [6, 6.07) is 6.02. The molecule has 0 saturated heterocycles. The molecule has 0 fully saturated rings. The quantitative estimate of drug-likeness (QED) is 0.674. The van der Waals surface area contributed by atoms with E-state index in [1.54, 1.807) is 6.07 Å². The summed E-state index contributed by atoms with van der Waals surface area (Å²) in [5.74, 6) is -0.622. The summed E-state index contributed by atoms with van der Waals surface area (Å²) < 4.78 is 18.5. The molecular weight excluding hydrogens is 279 g/mol. The molecule has 0 aliphatic rings. The number of pyridine rings is 1. The highest BCUT2D eigenvalue weighted by molar-refractivity contribution is 5.48. The van der Waals surface area contributed by atoms with Crippen LogP contribution in [-0.2, 0) is 0 Å². The highest BCUT2D eigenvalue weighted by Crippen LogP contribution is 2.31. The lowest BCUT2D eigenvalue weighted by Gasteiger charge is -2.09. The minimum atomic E-state index is -0.678. The molecule has 1 unspecified atom stereocenters. The number of nitrogens with zero attached hydrogens (tertiary/aromatic N) is 2. The standard InChI is InChI=1S/C14H13FN2O4/c1-2-13(18)11-5-4-10(8-16-11)21-14-7-9(15)3-6-12(14)17(19)20/h3-8,13,18H,2H2,1H3. The maximum atomic E-state index is 13.2. The Kier molecular flexibility index (Phi) is 4.44. The fourth-order valence-electron chi connectivity index (χ4n) is 1.71. The van der Waals surface area contributed by atoms with Crippen molar-refractivity contribution in [1.82, 2.24) is 4.98 Å². The number of hydrogen-bond acceptors (Lipinski definition) is 5. The van der Waals surface area contributed by atoms with E-state index in [1.165, 1.54) is 12.3 Å². The van der Waals surface area contributed by atoms with Crippen molar-refractivity contribution in [2.75, 3.05) is 0 Å². The van der Waals surface area contributed by atoms with E-state index in [4.69, 9.17) is 4.74 Å². The van der Waals surface area contributed by atoms with Gasteiger partial charge < -0.3 is 9.84 Å². The first-order valence-corrected chi connectivity index (χ1v) is 6.27. The third-order valence-electron chi connectivity index (χ3n) is 2.83. The molecule has 0 aliphatic carbocycles. The molecular formula is C14H13FN2O4. The minimum Gasteiger partial charge on any atom is -0.448 e. The smallest absolute Gasteiger partial charge is 0.311 e. The monoisotopic (exact) mass is 292 g/mol. The number of ether oxygens (including phenoxy) is 1. The zero-order chi connectivity index (χ0) is 15.4. The van der Waals surface area contributed by atoms with Gasteiger partial charge in [0, 0.05) is 12.1 Å². The summed E-state index contributed by atoms with van der Waals surface area (Å²) in [4.78, 5) is 14.2. The third kappa shape index (κ3) is 3.51. The maximum absolute atomic E-state index is 13.2. The summed E-state index contributed by atoms with van der Waals surface area (Å²) in [5.41, 5.74) is 0.132. The van der Waals surface area contributed by atoms with Crippen LogP contribution in [0.5, 0.6) is 11.5 Å². The van der Waals surface area contributed by atoms with Crippen LogP contribution < -0.4 is 4.74 Å². The van der Waals surface area contributed by atoms with Gasteiger partial charge in [-0.3, -0.25) is 15.1 Å². The minimum absolute atomic E-state index is 0.203. The number of aromatic nitrogens is 1. The molecule has 1 aromatic carbocycles. The van der Waals surface area contributed by atoms with E-state index in [9.17, 15) is 19.6 Å². The van der Waals surface area contributed by atoms with Crippen LogP contribution in [0.3, 0.4) is 0 Å². The topological polar surface area (TPSA) is 85.5 Å². The molecule has 21 heavy (non-hydrogen) atoms. The summed E-state index contributed by atoms with van der Waals surface area (Å²) in [6.45, 7) is 1.81. The summed E-state index contributed by atoms with van der Waals surface area (Å²) >= 11 is 0. The van der Waals surface area contributed by atoms with Crippen LogP contribution in [-0.4, -0.2) is 15.0 Å². The second-order valence-electron chi connectivity index (χ2n) is 4.31. The Morgan fingerprint density at radius 2 is 2.19 bits per heavy atom. The Balaban J connectivity index is 2.26. The number of nitro groups is 1. The van der Waals surface area contributed by atoms with Crippen molar-refractivity contribution in [3.63, 3.8) is 0 Å². The second-order valence-corrected chi connectivity index (χ2v) is 4.31. The molecule has 0 bridgehead atoms. The first kappa shape index (κ1) is 14.9. The molecule has 1 N–H and O–H groups in total. The normalized spacial score (nSPS) is 12.0. The van der Waals surface area contributed by atoms with E-state index in [0.29, 0.717) is 12.1 Å². The van der Waals surface area contributed by atoms with E-state index >= 15 is 0 Å². The van der Waals surface area contributed by atoms with E-state index in [1.807, 2.05) is 6.92 Å². The van der Waals surface area contributed by atoms with E-state index in [2.05, 4.69) is 4.98 Å². The lowest BCUT2D eigenvalue weighted by molar-refractivity contribution is -0.385. The first-order valence-electron chi connectivity index (χ1n) is 6.27. The zero-order valence-electron chi connectivity index (χ0n) is 11.2. The van der Waals surface area contributed by atoms with E-state index in [0.717, 1.165) is 18.2 Å². The van der Waals surface area contributed by atoms with Gasteiger partial charge in [-0.15, -0.1) is 0 Å². The molecule has 2 rings (SSSR count). The Morgan fingerprint density at radius 1 is 1.43 bits per heavy atom. The molecule has 0 spiro atoms. The second kappa shape index (κ2) is 6.27. The lowest BCUT2D eigenvalue weighted by atomic mass is 10.2. The number of aliphatic hydroxyl groups excluding tert-OH is 1. The van der Waals surface area contributed by atoms with Gasteiger partial charge in [-0.25, -0.2) is 4.39 Å².